The fourth-order valence-electron chi connectivity index (χ4n) is 0. The average molecular weight is 1490 g/mol. The van der Waals surface area contributed by atoms with Gasteiger partial charge in [0.15, 0.2) is 0 Å². The molecule has 0 bridgehead atoms. The Bertz CT molecular complexity index is 12.9. The van der Waals surface area contributed by atoms with Crippen molar-refractivity contribution in [3.05, 3.63) is 0 Å². The first kappa shape index (κ1) is 135. The summed E-state index contributed by atoms with van der Waals surface area (Å²) in [7, 11) is 0. The van der Waals surface area contributed by atoms with E-state index in [0.29, 0.717) is 0 Å². The smallest absolute Gasteiger partial charge is 0 e. The van der Waals surface area contributed by atoms with Gasteiger partial charge < -0.3 is 0 Å². The van der Waals surface area contributed by atoms with Crippen LogP contribution in [0.4, 0.5) is 0 Å². The molecule has 0 atom stereocenters. The van der Waals surface area contributed by atoms with Crippen molar-refractivity contribution in [2.45, 2.75) is 0 Å². The summed E-state index contributed by atoms with van der Waals surface area (Å²) in [6.07, 6.45) is 0. The predicted molar refractivity (Wildman–Crippen MR) is 0 cm³/mol. The second-order valence-electron chi connectivity index (χ2n) is 0. The molecule has 0 spiro atoms. The normalized spacial score (nSPS) is 0. The molecule has 0 aromatic rings. The van der Waals surface area contributed by atoms with Gasteiger partial charge in [0.05, 0.1) is 0 Å². The molecule has 0 saturated carbocycles. The first-order valence-electron chi connectivity index (χ1n) is 0. The van der Waals surface area contributed by atoms with Crippen molar-refractivity contribution in [3.8, 4) is 0 Å². The van der Waals surface area contributed by atoms with Gasteiger partial charge in [0.25, 0.3) is 0 Å². The quantitative estimate of drug-likeness (QED) is 0.300. The molecule has 0 rings (SSSR count). The van der Waals surface area contributed by atoms with Gasteiger partial charge in [-0.15, -0.1) is 0 Å². The van der Waals surface area contributed by atoms with Crippen LogP contribution in [0.25, 0.3) is 0 Å². The van der Waals surface area contributed by atoms with Crippen LogP contribution in [-0.2, 0) is 246 Å². The topological polar surface area (TPSA) is 0 Å². The molecule has 0 N–H and O–H groups in total. The van der Waals surface area contributed by atoms with E-state index in [1.54, 1.807) is 0 Å². The van der Waals surface area contributed by atoms with Crippen molar-refractivity contribution in [2.75, 3.05) is 0 Å². The molecule has 13 heteroatoms. The SMILES string of the molecule is [Fe].[Fe].[Fe].[Fe].[Fe].[Fe].[Fe].[W].[W].[W].[W].[W].[W]. The molecule has 0 aromatic heterocycles. The van der Waals surface area contributed by atoms with Crippen LogP contribution >= 0.6 is 0 Å². The standard InChI is InChI=1S/7Fe.6W. The van der Waals surface area contributed by atoms with Gasteiger partial charge in [-0.05, 0) is 0 Å². The minimum absolute atomic E-state index is 0. The Balaban J connectivity index is 0. The van der Waals surface area contributed by atoms with Gasteiger partial charge in [-0.2, -0.15) is 0 Å². The van der Waals surface area contributed by atoms with Gasteiger partial charge in [0.1, 0.15) is 0 Å². The molecular weight excluding hydrogens is 1490 g/mol. The molecule has 0 fully saturated rings. The maximum Gasteiger partial charge on any atom is 0 e. The predicted octanol–water partition coefficient (Wildman–Crippen LogP) is -0.0325. The Labute approximate surface area is 240 Å². The largest absolute Gasteiger partial charge is 0 e. The fraction of sp³-hybridized carbons (Fsp3) is 0. The molecule has 0 amide bonds. The van der Waals surface area contributed by atoms with E-state index in [-0.39, 0.29) is 246 Å². The first-order chi connectivity index (χ1) is 0. The summed E-state index contributed by atoms with van der Waals surface area (Å²) in [6.45, 7) is 0. The number of rotatable bonds is 0. The van der Waals surface area contributed by atoms with Crippen molar-refractivity contribution in [3.63, 3.8) is 0 Å². The summed E-state index contributed by atoms with van der Waals surface area (Å²) in [6, 6.07) is 0. The molecule has 0 aliphatic heterocycles. The van der Waals surface area contributed by atoms with Gasteiger partial charge in [-0.3, -0.25) is 0 Å². The van der Waals surface area contributed by atoms with E-state index in [1.807, 2.05) is 0 Å². The summed E-state index contributed by atoms with van der Waals surface area (Å²) in [4.78, 5) is 0. The number of hydrogen-bond donors (Lipinski definition) is 0. The van der Waals surface area contributed by atoms with E-state index in [4.69, 9.17) is 0 Å². The fourth-order valence-corrected chi connectivity index (χ4v) is 0. The molecular formula is Fe7W6. The van der Waals surface area contributed by atoms with Crippen LogP contribution in [0.5, 0.6) is 0 Å². The van der Waals surface area contributed by atoms with Crippen LogP contribution in [-0.4, -0.2) is 0 Å². The van der Waals surface area contributed by atoms with Crippen LogP contribution < -0.4 is 0 Å². The maximum absolute atomic E-state index is 0. The van der Waals surface area contributed by atoms with Crippen molar-refractivity contribution in [1.29, 1.82) is 0 Å². The molecule has 13 heavy (non-hydrogen) atoms. The van der Waals surface area contributed by atoms with Crippen LogP contribution in [0.2, 0.25) is 0 Å². The summed E-state index contributed by atoms with van der Waals surface area (Å²) >= 11 is 0. The second-order valence-corrected chi connectivity index (χ2v) is 0. The third-order valence-corrected chi connectivity index (χ3v) is 0. The molecule has 0 aliphatic rings. The van der Waals surface area contributed by atoms with Crippen molar-refractivity contribution in [2.24, 2.45) is 0 Å². The van der Waals surface area contributed by atoms with Crippen LogP contribution in [0, 0.1) is 0 Å². The van der Waals surface area contributed by atoms with E-state index in [1.165, 1.54) is 0 Å². The van der Waals surface area contributed by atoms with Crippen molar-refractivity contribution in [1.82, 2.24) is 0 Å². The first-order valence-corrected chi connectivity index (χ1v) is 0. The van der Waals surface area contributed by atoms with E-state index in [9.17, 15) is 0 Å². The third-order valence-electron chi connectivity index (χ3n) is 0. The van der Waals surface area contributed by atoms with Crippen molar-refractivity contribution >= 4 is 0 Å². The zero-order valence-electron chi connectivity index (χ0n) is 4.92. The summed E-state index contributed by atoms with van der Waals surface area (Å²) in [5.41, 5.74) is 0. The van der Waals surface area contributed by atoms with Crippen molar-refractivity contribution < 1.29 is 246 Å². The van der Waals surface area contributed by atoms with Crippen LogP contribution in [0.1, 0.15) is 0 Å². The van der Waals surface area contributed by atoms with Gasteiger partial charge >= 0.3 is 0 Å². The monoisotopic (exact) mass is 1500 g/mol. The van der Waals surface area contributed by atoms with Gasteiger partial charge in [0, 0.05) is 246 Å². The van der Waals surface area contributed by atoms with Gasteiger partial charge in [0.2, 0.25) is 0 Å². The molecule has 0 heterocycles. The third kappa shape index (κ3) is 103. The zero-order chi connectivity index (χ0) is 0. The van der Waals surface area contributed by atoms with Crippen LogP contribution in [0.15, 0.2) is 0 Å². The Morgan fingerprint density at radius 2 is 0.154 bits per heavy atom. The molecule has 0 unspecified atom stereocenters. The molecule has 0 aliphatic carbocycles. The Hall–Kier alpha value is 7.77. The average Bonchev–Trinajstić information content (AvgIpc) is 0. The van der Waals surface area contributed by atoms with Gasteiger partial charge in [-0.1, -0.05) is 0 Å². The Kier molecular flexibility index (Phi) is 1190. The summed E-state index contributed by atoms with van der Waals surface area (Å²) < 4.78 is 0. The minimum atomic E-state index is 0. The van der Waals surface area contributed by atoms with E-state index in [0.717, 1.165) is 0 Å². The zero-order valence-corrected chi connectivity index (χ0v) is 30.3. The molecule has 0 nitrogen and oxygen atoms in total. The summed E-state index contributed by atoms with van der Waals surface area (Å²) in [5.74, 6) is 0. The van der Waals surface area contributed by atoms with Crippen LogP contribution in [0.3, 0.4) is 0 Å². The Morgan fingerprint density at radius 1 is 0.154 bits per heavy atom. The van der Waals surface area contributed by atoms with E-state index >= 15 is 0 Å². The summed E-state index contributed by atoms with van der Waals surface area (Å²) in [5, 5.41) is 0. The molecule has 0 aromatic carbocycles. The molecule has 0 saturated heterocycles. The number of hydrogen-bond acceptors (Lipinski definition) is 0. The minimum Gasteiger partial charge on any atom is 0 e. The van der Waals surface area contributed by atoms with Gasteiger partial charge in [-0.25, -0.2) is 0 Å². The second kappa shape index (κ2) is 115. The molecule has 92 valence electrons. The van der Waals surface area contributed by atoms with E-state index in [2.05, 4.69) is 0 Å². The Morgan fingerprint density at radius 3 is 0.154 bits per heavy atom. The maximum atomic E-state index is 0. The van der Waals surface area contributed by atoms with E-state index < -0.39 is 0 Å². The molecule has 0 radical (unpaired) electrons.